The van der Waals surface area contributed by atoms with Crippen molar-refractivity contribution in [1.82, 2.24) is 14.7 Å². The second kappa shape index (κ2) is 10.1. The van der Waals surface area contributed by atoms with Crippen LogP contribution >= 0.6 is 0 Å². The maximum atomic E-state index is 15.0. The summed E-state index contributed by atoms with van der Waals surface area (Å²) in [6.07, 6.45) is 2.44. The average molecular weight is 459 g/mol. The van der Waals surface area contributed by atoms with Crippen molar-refractivity contribution in [1.29, 1.82) is 0 Å². The van der Waals surface area contributed by atoms with Crippen molar-refractivity contribution in [2.24, 2.45) is 0 Å². The first-order chi connectivity index (χ1) is 15.5. The van der Waals surface area contributed by atoms with Gasteiger partial charge >= 0.3 is 0 Å². The van der Waals surface area contributed by atoms with Gasteiger partial charge in [0.25, 0.3) is 0 Å². The molecule has 10 heteroatoms. The smallest absolute Gasteiger partial charge is 0.201 e. The summed E-state index contributed by atoms with van der Waals surface area (Å²) < 4.78 is 43.8. The zero-order valence-corrected chi connectivity index (χ0v) is 18.2. The maximum absolute atomic E-state index is 15.0. The summed E-state index contributed by atoms with van der Waals surface area (Å²) in [5, 5.41) is 0. The number of aryl methyl sites for hydroxylation is 1. The fourth-order valence-electron chi connectivity index (χ4n) is 3.64. The summed E-state index contributed by atoms with van der Waals surface area (Å²) in [7, 11) is -2.68. The van der Waals surface area contributed by atoms with E-state index in [-0.39, 0.29) is 12.1 Å². The molecule has 32 heavy (non-hydrogen) atoms. The van der Waals surface area contributed by atoms with E-state index < -0.39 is 22.5 Å². The van der Waals surface area contributed by atoms with E-state index in [0.29, 0.717) is 54.0 Å². The summed E-state index contributed by atoms with van der Waals surface area (Å²) >= 11 is 0. The first-order valence-electron chi connectivity index (χ1n) is 10.3. The number of nitrogens with zero attached hydrogens (tertiary/aromatic N) is 3. The molecule has 0 saturated carbocycles. The SMILES string of the molecule is O=C(c1ccc2ncc(N3CCOCC3)nc2c1)c1cccc(CCCN[SH](=O)=O)c1F. The Balaban J connectivity index is 1.57. The van der Waals surface area contributed by atoms with Crippen molar-refractivity contribution in [3.05, 3.63) is 65.1 Å². The molecule has 0 amide bonds. The van der Waals surface area contributed by atoms with Gasteiger partial charge in [0.05, 0.1) is 36.0 Å². The van der Waals surface area contributed by atoms with Crippen molar-refractivity contribution in [2.75, 3.05) is 37.7 Å². The second-order valence-electron chi connectivity index (χ2n) is 7.41. The first-order valence-corrected chi connectivity index (χ1v) is 11.5. The lowest BCUT2D eigenvalue weighted by Crippen LogP contribution is -2.36. The molecule has 0 spiro atoms. The molecule has 1 fully saturated rings. The molecule has 0 unspecified atom stereocenters. The molecule has 0 radical (unpaired) electrons. The summed E-state index contributed by atoms with van der Waals surface area (Å²) in [6.45, 7) is 2.90. The fourth-order valence-corrected chi connectivity index (χ4v) is 3.98. The molecule has 0 aliphatic carbocycles. The lowest BCUT2D eigenvalue weighted by Gasteiger charge is -2.27. The van der Waals surface area contributed by atoms with Gasteiger partial charge in [0, 0.05) is 25.2 Å². The standard InChI is InChI=1S/C22H23FN4O4S/c23-21-15(4-2-8-25-32(29)30)3-1-5-17(21)22(28)16-6-7-18-19(13-16)26-20(14-24-18)27-9-11-31-12-10-27/h1,3,5-7,13-14,32H,2,4,8-12H2,(H,25,29,30). The van der Waals surface area contributed by atoms with Gasteiger partial charge in [-0.2, -0.15) is 0 Å². The van der Waals surface area contributed by atoms with Gasteiger partial charge in [-0.05, 0) is 42.7 Å². The van der Waals surface area contributed by atoms with Gasteiger partial charge in [-0.15, -0.1) is 0 Å². The van der Waals surface area contributed by atoms with Crippen LogP contribution in [0.3, 0.4) is 0 Å². The Labute approximate surface area is 186 Å². The number of hydrogen-bond donors (Lipinski definition) is 2. The largest absolute Gasteiger partial charge is 0.378 e. The fraction of sp³-hybridized carbons (Fsp3) is 0.318. The number of ether oxygens (including phenoxy) is 1. The van der Waals surface area contributed by atoms with Crippen LogP contribution in [0.2, 0.25) is 0 Å². The minimum absolute atomic E-state index is 0.0259. The molecule has 8 nitrogen and oxygen atoms in total. The highest BCUT2D eigenvalue weighted by Crippen LogP contribution is 2.22. The summed E-state index contributed by atoms with van der Waals surface area (Å²) in [4.78, 5) is 24.2. The number of halogens is 1. The number of hydrogen-bond acceptors (Lipinski definition) is 7. The summed E-state index contributed by atoms with van der Waals surface area (Å²) in [6, 6.07) is 9.64. The van der Waals surface area contributed by atoms with E-state index in [4.69, 9.17) is 4.74 Å². The lowest BCUT2D eigenvalue weighted by molar-refractivity contribution is 0.103. The van der Waals surface area contributed by atoms with E-state index >= 15 is 4.39 Å². The van der Waals surface area contributed by atoms with E-state index in [2.05, 4.69) is 19.6 Å². The molecule has 1 aliphatic heterocycles. The molecule has 1 aliphatic rings. The van der Waals surface area contributed by atoms with E-state index in [1.165, 1.54) is 6.07 Å². The van der Waals surface area contributed by atoms with Gasteiger partial charge in [-0.1, -0.05) is 12.1 Å². The molecule has 2 heterocycles. The van der Waals surface area contributed by atoms with Crippen LogP contribution in [0.15, 0.2) is 42.6 Å². The minimum Gasteiger partial charge on any atom is -0.378 e. The highest BCUT2D eigenvalue weighted by molar-refractivity contribution is 7.70. The normalized spacial score (nSPS) is 14.2. The van der Waals surface area contributed by atoms with Crippen LogP contribution in [-0.4, -0.2) is 57.0 Å². The molecule has 0 atom stereocenters. The van der Waals surface area contributed by atoms with Crippen molar-refractivity contribution >= 4 is 33.5 Å². The van der Waals surface area contributed by atoms with Crippen LogP contribution in [0.5, 0.6) is 0 Å². The Morgan fingerprint density at radius 2 is 1.97 bits per heavy atom. The van der Waals surface area contributed by atoms with Crippen LogP contribution in [0.25, 0.3) is 11.0 Å². The number of benzene rings is 2. The number of anilines is 1. The Morgan fingerprint density at radius 1 is 1.16 bits per heavy atom. The van der Waals surface area contributed by atoms with Crippen molar-refractivity contribution in [3.8, 4) is 0 Å². The molecule has 3 aromatic rings. The molecule has 2 aromatic carbocycles. The molecular weight excluding hydrogens is 435 g/mol. The van der Waals surface area contributed by atoms with Crippen LogP contribution < -0.4 is 9.62 Å². The maximum Gasteiger partial charge on any atom is 0.201 e. The highest BCUT2D eigenvalue weighted by atomic mass is 32.2. The first kappa shape index (κ1) is 22.3. The number of aromatic nitrogens is 2. The number of ketones is 1. The van der Waals surface area contributed by atoms with E-state index in [9.17, 15) is 13.2 Å². The molecule has 1 saturated heterocycles. The number of thiol groups is 1. The van der Waals surface area contributed by atoms with Crippen LogP contribution in [-0.2, 0) is 22.0 Å². The lowest BCUT2D eigenvalue weighted by atomic mass is 9.98. The third-order valence-corrected chi connectivity index (χ3v) is 5.80. The predicted molar refractivity (Wildman–Crippen MR) is 119 cm³/mol. The number of morpholine rings is 1. The number of carbonyl (C=O) groups is 1. The molecule has 1 N–H and O–H groups in total. The van der Waals surface area contributed by atoms with Crippen molar-refractivity contribution in [3.63, 3.8) is 0 Å². The molecular formula is C22H23FN4O4S. The van der Waals surface area contributed by atoms with Gasteiger partial charge in [0.1, 0.15) is 11.6 Å². The molecule has 4 rings (SSSR count). The van der Waals surface area contributed by atoms with Gasteiger partial charge in [-0.25, -0.2) is 22.5 Å². The predicted octanol–water partition coefficient (Wildman–Crippen LogP) is 1.89. The van der Waals surface area contributed by atoms with Gasteiger partial charge < -0.3 is 9.64 Å². The van der Waals surface area contributed by atoms with Crippen LogP contribution in [0.4, 0.5) is 10.2 Å². The van der Waals surface area contributed by atoms with Crippen LogP contribution in [0.1, 0.15) is 27.9 Å². The summed E-state index contributed by atoms with van der Waals surface area (Å²) in [5.74, 6) is -0.310. The Morgan fingerprint density at radius 3 is 2.75 bits per heavy atom. The average Bonchev–Trinajstić information content (AvgIpc) is 2.82. The number of rotatable bonds is 8. The van der Waals surface area contributed by atoms with Gasteiger partial charge in [0.15, 0.2) is 5.78 Å². The van der Waals surface area contributed by atoms with E-state index in [1.54, 1.807) is 36.5 Å². The van der Waals surface area contributed by atoms with E-state index in [1.807, 2.05) is 0 Å². The topological polar surface area (TPSA) is 101 Å². The zero-order chi connectivity index (χ0) is 22.5. The monoisotopic (exact) mass is 458 g/mol. The molecule has 1 aromatic heterocycles. The Bertz CT molecular complexity index is 1200. The van der Waals surface area contributed by atoms with Crippen molar-refractivity contribution in [2.45, 2.75) is 12.8 Å². The van der Waals surface area contributed by atoms with Crippen molar-refractivity contribution < 1.29 is 22.3 Å². The number of carbonyl (C=O) groups excluding carboxylic acids is 1. The van der Waals surface area contributed by atoms with Crippen LogP contribution in [0, 0.1) is 5.82 Å². The number of fused-ring (bicyclic) bond motifs is 1. The number of nitrogens with one attached hydrogen (secondary N) is 1. The molecule has 168 valence electrons. The third-order valence-electron chi connectivity index (χ3n) is 5.31. The third kappa shape index (κ3) is 5.09. The van der Waals surface area contributed by atoms with Gasteiger partial charge in [-0.3, -0.25) is 9.78 Å². The second-order valence-corrected chi connectivity index (χ2v) is 8.24. The Hall–Kier alpha value is -2.95. The zero-order valence-electron chi connectivity index (χ0n) is 17.3. The summed E-state index contributed by atoms with van der Waals surface area (Å²) in [5.41, 5.74) is 1.88. The van der Waals surface area contributed by atoms with Gasteiger partial charge in [0.2, 0.25) is 10.9 Å². The van der Waals surface area contributed by atoms with E-state index in [0.717, 1.165) is 13.1 Å². The Kier molecular flexibility index (Phi) is 7.03. The quantitative estimate of drug-likeness (QED) is 0.302. The minimum atomic E-state index is -2.68. The molecule has 0 bridgehead atoms. The highest BCUT2D eigenvalue weighted by Gasteiger charge is 2.18.